The van der Waals surface area contributed by atoms with E-state index in [1.165, 1.54) is 5.56 Å². The Bertz CT molecular complexity index is 606. The number of benzene rings is 1. The number of rotatable bonds is 5. The summed E-state index contributed by atoms with van der Waals surface area (Å²) in [5, 5.41) is 3.48. The highest BCUT2D eigenvalue weighted by Gasteiger charge is 2.19. The van der Waals surface area contributed by atoms with E-state index >= 15 is 0 Å². The zero-order chi connectivity index (χ0) is 16.1. The van der Waals surface area contributed by atoms with E-state index in [1.54, 1.807) is 0 Å². The largest absolute Gasteiger partial charge is 0.363 e. The second-order valence-corrected chi connectivity index (χ2v) is 6.31. The monoisotopic (exact) mass is 311 g/mol. The number of hydrogen-bond acceptors (Lipinski definition) is 5. The van der Waals surface area contributed by atoms with Crippen molar-refractivity contribution in [2.75, 3.05) is 37.4 Å². The van der Waals surface area contributed by atoms with Crippen LogP contribution in [0.25, 0.3) is 0 Å². The SMILES string of the molecule is CN(C)c1ccnc(NC2CCN(Cc3ccccc3)CC2)n1. The standard InChI is InChI=1S/C18H25N5/c1-22(2)17-8-11-19-18(21-17)20-16-9-12-23(13-10-16)14-15-6-4-3-5-7-15/h3-8,11,16H,9-10,12-14H2,1-2H3,(H,19,20,21). The second-order valence-electron chi connectivity index (χ2n) is 6.31. The molecule has 2 aromatic rings. The van der Waals surface area contributed by atoms with Crippen LogP contribution < -0.4 is 10.2 Å². The van der Waals surface area contributed by atoms with Gasteiger partial charge >= 0.3 is 0 Å². The Labute approximate surface area is 138 Å². The van der Waals surface area contributed by atoms with E-state index < -0.39 is 0 Å². The van der Waals surface area contributed by atoms with Gasteiger partial charge in [-0.3, -0.25) is 4.90 Å². The lowest BCUT2D eigenvalue weighted by atomic mass is 10.0. The van der Waals surface area contributed by atoms with Gasteiger partial charge in [0.25, 0.3) is 0 Å². The predicted octanol–water partition coefficient (Wildman–Crippen LogP) is 2.62. The third-order valence-electron chi connectivity index (χ3n) is 4.27. The Kier molecular flexibility index (Phi) is 5.08. The average Bonchev–Trinajstić information content (AvgIpc) is 2.58. The highest BCUT2D eigenvalue weighted by Crippen LogP contribution is 2.17. The molecule has 0 atom stereocenters. The van der Waals surface area contributed by atoms with E-state index in [9.17, 15) is 0 Å². The van der Waals surface area contributed by atoms with Crippen LogP contribution in [-0.2, 0) is 6.54 Å². The second kappa shape index (κ2) is 7.42. The fourth-order valence-corrected chi connectivity index (χ4v) is 2.93. The number of nitrogens with zero attached hydrogens (tertiary/aromatic N) is 4. The highest BCUT2D eigenvalue weighted by molar-refractivity contribution is 5.41. The molecule has 0 aliphatic carbocycles. The first-order valence-electron chi connectivity index (χ1n) is 8.24. The molecule has 5 nitrogen and oxygen atoms in total. The Morgan fingerprint density at radius 1 is 1.13 bits per heavy atom. The topological polar surface area (TPSA) is 44.3 Å². The Hall–Kier alpha value is -2.14. The van der Waals surface area contributed by atoms with Crippen molar-refractivity contribution in [1.29, 1.82) is 0 Å². The van der Waals surface area contributed by atoms with E-state index in [2.05, 4.69) is 50.5 Å². The molecule has 2 heterocycles. The molecule has 1 fully saturated rings. The third kappa shape index (κ3) is 4.42. The summed E-state index contributed by atoms with van der Waals surface area (Å²) in [4.78, 5) is 13.4. The van der Waals surface area contributed by atoms with Gasteiger partial charge in [0, 0.05) is 46.0 Å². The molecular weight excluding hydrogens is 286 g/mol. The summed E-state index contributed by atoms with van der Waals surface area (Å²) in [6.07, 6.45) is 4.07. The van der Waals surface area contributed by atoms with Crippen LogP contribution >= 0.6 is 0 Å². The van der Waals surface area contributed by atoms with Crippen molar-refractivity contribution in [3.05, 3.63) is 48.2 Å². The summed E-state index contributed by atoms with van der Waals surface area (Å²) in [5.74, 6) is 1.67. The van der Waals surface area contributed by atoms with Gasteiger partial charge < -0.3 is 10.2 Å². The average molecular weight is 311 g/mol. The molecule has 122 valence electrons. The van der Waals surface area contributed by atoms with Crippen LogP contribution in [0.1, 0.15) is 18.4 Å². The molecule has 3 rings (SSSR count). The molecule has 0 bridgehead atoms. The van der Waals surface area contributed by atoms with Crippen LogP contribution in [0.4, 0.5) is 11.8 Å². The number of piperidine rings is 1. The number of hydrogen-bond donors (Lipinski definition) is 1. The van der Waals surface area contributed by atoms with Crippen LogP contribution in [0, 0.1) is 0 Å². The van der Waals surface area contributed by atoms with Crippen molar-refractivity contribution in [2.45, 2.75) is 25.4 Å². The quantitative estimate of drug-likeness (QED) is 0.919. The molecule has 0 amide bonds. The van der Waals surface area contributed by atoms with Gasteiger partial charge in [0.15, 0.2) is 0 Å². The van der Waals surface area contributed by atoms with Crippen molar-refractivity contribution in [3.8, 4) is 0 Å². The molecule has 1 saturated heterocycles. The molecule has 1 aliphatic heterocycles. The van der Waals surface area contributed by atoms with Gasteiger partial charge in [-0.1, -0.05) is 30.3 Å². The molecule has 0 unspecified atom stereocenters. The van der Waals surface area contributed by atoms with Crippen molar-refractivity contribution < 1.29 is 0 Å². The molecule has 0 radical (unpaired) electrons. The number of likely N-dealkylation sites (tertiary alicyclic amines) is 1. The third-order valence-corrected chi connectivity index (χ3v) is 4.27. The van der Waals surface area contributed by atoms with Crippen molar-refractivity contribution in [2.24, 2.45) is 0 Å². The molecular formula is C18H25N5. The normalized spacial score (nSPS) is 16.3. The lowest BCUT2D eigenvalue weighted by molar-refractivity contribution is 0.211. The molecule has 5 heteroatoms. The number of aromatic nitrogens is 2. The van der Waals surface area contributed by atoms with Gasteiger partial charge in [0.2, 0.25) is 5.95 Å². The van der Waals surface area contributed by atoms with Crippen LogP contribution in [-0.4, -0.2) is 48.1 Å². The smallest absolute Gasteiger partial charge is 0.224 e. The molecule has 0 spiro atoms. The molecule has 1 aliphatic rings. The molecule has 1 N–H and O–H groups in total. The number of anilines is 2. The minimum Gasteiger partial charge on any atom is -0.363 e. The summed E-state index contributed by atoms with van der Waals surface area (Å²) in [6.45, 7) is 3.26. The first-order chi connectivity index (χ1) is 11.2. The lowest BCUT2D eigenvalue weighted by Crippen LogP contribution is -2.39. The highest BCUT2D eigenvalue weighted by atomic mass is 15.2. The van der Waals surface area contributed by atoms with E-state index in [1.807, 2.05) is 31.3 Å². The van der Waals surface area contributed by atoms with Crippen LogP contribution in [0.15, 0.2) is 42.6 Å². The van der Waals surface area contributed by atoms with E-state index in [4.69, 9.17) is 0 Å². The van der Waals surface area contributed by atoms with Crippen molar-refractivity contribution in [1.82, 2.24) is 14.9 Å². The minimum absolute atomic E-state index is 0.458. The molecule has 1 aromatic carbocycles. The summed E-state index contributed by atoms with van der Waals surface area (Å²) in [6, 6.07) is 13.1. The predicted molar refractivity (Wildman–Crippen MR) is 94.7 cm³/mol. The Morgan fingerprint density at radius 2 is 1.87 bits per heavy atom. The fourth-order valence-electron chi connectivity index (χ4n) is 2.93. The van der Waals surface area contributed by atoms with Gasteiger partial charge in [0.05, 0.1) is 0 Å². The molecule has 23 heavy (non-hydrogen) atoms. The zero-order valence-electron chi connectivity index (χ0n) is 13.9. The lowest BCUT2D eigenvalue weighted by Gasteiger charge is -2.32. The van der Waals surface area contributed by atoms with Gasteiger partial charge in [-0.15, -0.1) is 0 Å². The van der Waals surface area contributed by atoms with E-state index in [0.717, 1.165) is 44.2 Å². The maximum absolute atomic E-state index is 4.54. The first-order valence-corrected chi connectivity index (χ1v) is 8.24. The summed E-state index contributed by atoms with van der Waals surface area (Å²) >= 11 is 0. The van der Waals surface area contributed by atoms with E-state index in [-0.39, 0.29) is 0 Å². The zero-order valence-corrected chi connectivity index (χ0v) is 13.9. The minimum atomic E-state index is 0.458. The summed E-state index contributed by atoms with van der Waals surface area (Å²) in [5.41, 5.74) is 1.39. The first kappa shape index (κ1) is 15.7. The number of nitrogens with one attached hydrogen (secondary N) is 1. The maximum Gasteiger partial charge on any atom is 0.224 e. The van der Waals surface area contributed by atoms with Crippen LogP contribution in [0.5, 0.6) is 0 Å². The van der Waals surface area contributed by atoms with Crippen LogP contribution in [0.2, 0.25) is 0 Å². The molecule has 0 saturated carbocycles. The van der Waals surface area contributed by atoms with Crippen molar-refractivity contribution >= 4 is 11.8 Å². The Balaban J connectivity index is 1.50. The van der Waals surface area contributed by atoms with Gasteiger partial charge in [-0.25, -0.2) is 4.98 Å². The van der Waals surface area contributed by atoms with Gasteiger partial charge in [-0.05, 0) is 24.5 Å². The van der Waals surface area contributed by atoms with Gasteiger partial charge in [0.1, 0.15) is 5.82 Å². The van der Waals surface area contributed by atoms with E-state index in [0.29, 0.717) is 6.04 Å². The fraction of sp³-hybridized carbons (Fsp3) is 0.444. The maximum atomic E-state index is 4.54. The molecule has 1 aromatic heterocycles. The Morgan fingerprint density at radius 3 is 2.57 bits per heavy atom. The van der Waals surface area contributed by atoms with Crippen molar-refractivity contribution in [3.63, 3.8) is 0 Å². The summed E-state index contributed by atoms with van der Waals surface area (Å²) in [7, 11) is 3.99. The van der Waals surface area contributed by atoms with Gasteiger partial charge in [-0.2, -0.15) is 4.98 Å². The van der Waals surface area contributed by atoms with Crippen LogP contribution in [0.3, 0.4) is 0 Å². The summed E-state index contributed by atoms with van der Waals surface area (Å²) < 4.78 is 0.